The standard InChI is InChI=1S/C15H11BrN4O3S/c1-8-19-20-15(24-8)18-13(21)9-3-2-4-10(7-9)17-14(22)11-5-6-12(16)23-11/h2-7H,1H3,(H,17,22)(H,18,20,21). The Hall–Kier alpha value is -2.52. The van der Waals surface area contributed by atoms with E-state index < -0.39 is 5.91 Å². The van der Waals surface area contributed by atoms with E-state index in [2.05, 4.69) is 36.8 Å². The minimum absolute atomic E-state index is 0.168. The van der Waals surface area contributed by atoms with Gasteiger partial charge in [-0.25, -0.2) is 0 Å². The highest BCUT2D eigenvalue weighted by atomic mass is 79.9. The van der Waals surface area contributed by atoms with Crippen molar-refractivity contribution in [3.05, 3.63) is 57.4 Å². The zero-order valence-electron chi connectivity index (χ0n) is 12.4. The summed E-state index contributed by atoms with van der Waals surface area (Å²) in [6, 6.07) is 9.74. The van der Waals surface area contributed by atoms with Gasteiger partial charge < -0.3 is 9.73 Å². The summed E-state index contributed by atoms with van der Waals surface area (Å²) in [5.74, 6) is -0.568. The summed E-state index contributed by atoms with van der Waals surface area (Å²) in [6.45, 7) is 1.80. The first kappa shape index (κ1) is 16.3. The molecule has 0 aliphatic carbocycles. The Kier molecular flexibility index (Phi) is 4.72. The molecule has 3 aromatic rings. The summed E-state index contributed by atoms with van der Waals surface area (Å²) < 4.78 is 5.65. The fourth-order valence-corrected chi connectivity index (χ4v) is 2.78. The van der Waals surface area contributed by atoms with Crippen molar-refractivity contribution in [3.8, 4) is 0 Å². The summed E-state index contributed by atoms with van der Waals surface area (Å²) in [6.07, 6.45) is 0. The average molecular weight is 407 g/mol. The number of halogens is 1. The van der Waals surface area contributed by atoms with Crippen molar-refractivity contribution in [3.63, 3.8) is 0 Å². The van der Waals surface area contributed by atoms with Crippen LogP contribution < -0.4 is 10.6 Å². The number of hydrogen-bond acceptors (Lipinski definition) is 6. The number of aryl methyl sites for hydroxylation is 1. The van der Waals surface area contributed by atoms with Gasteiger partial charge in [0.25, 0.3) is 11.8 Å². The number of carbonyl (C=O) groups excluding carboxylic acids is 2. The predicted molar refractivity (Wildman–Crippen MR) is 93.4 cm³/mol. The second-order valence-electron chi connectivity index (χ2n) is 4.72. The summed E-state index contributed by atoms with van der Waals surface area (Å²) in [5.41, 5.74) is 0.870. The normalized spacial score (nSPS) is 10.4. The lowest BCUT2D eigenvalue weighted by Gasteiger charge is -2.06. The van der Waals surface area contributed by atoms with Gasteiger partial charge in [0.2, 0.25) is 5.13 Å². The van der Waals surface area contributed by atoms with E-state index in [4.69, 9.17) is 4.42 Å². The fraction of sp³-hybridized carbons (Fsp3) is 0.0667. The molecule has 2 aromatic heterocycles. The molecule has 0 saturated heterocycles. The van der Waals surface area contributed by atoms with Crippen LogP contribution in [0.1, 0.15) is 25.9 Å². The third-order valence-corrected chi connectivity index (χ3v) is 4.11. The van der Waals surface area contributed by atoms with Crippen molar-refractivity contribution in [2.75, 3.05) is 10.6 Å². The van der Waals surface area contributed by atoms with Gasteiger partial charge >= 0.3 is 0 Å². The minimum atomic E-state index is -0.405. The molecule has 0 spiro atoms. The molecule has 3 rings (SSSR count). The molecule has 122 valence electrons. The van der Waals surface area contributed by atoms with Crippen LogP contribution >= 0.6 is 27.3 Å². The van der Waals surface area contributed by atoms with Gasteiger partial charge in [-0.1, -0.05) is 17.4 Å². The van der Waals surface area contributed by atoms with Crippen molar-refractivity contribution in [1.82, 2.24) is 10.2 Å². The Morgan fingerprint density at radius 3 is 2.62 bits per heavy atom. The minimum Gasteiger partial charge on any atom is -0.444 e. The molecule has 9 heteroatoms. The van der Waals surface area contributed by atoms with Crippen LogP contribution in [0.15, 0.2) is 45.5 Å². The van der Waals surface area contributed by atoms with Crippen LogP contribution in [0.5, 0.6) is 0 Å². The van der Waals surface area contributed by atoms with Gasteiger partial charge in [-0.05, 0) is 53.2 Å². The molecule has 0 bridgehead atoms. The molecule has 7 nitrogen and oxygen atoms in total. The number of nitrogens with zero attached hydrogens (tertiary/aromatic N) is 2. The number of furan rings is 1. The number of anilines is 2. The number of hydrogen-bond donors (Lipinski definition) is 2. The van der Waals surface area contributed by atoms with Gasteiger partial charge in [-0.3, -0.25) is 14.9 Å². The Bertz CT molecular complexity index is 906. The Balaban J connectivity index is 1.71. The lowest BCUT2D eigenvalue weighted by molar-refractivity contribution is 0.0992. The molecule has 2 heterocycles. The van der Waals surface area contributed by atoms with Crippen LogP contribution in [0.2, 0.25) is 0 Å². The molecule has 24 heavy (non-hydrogen) atoms. The van der Waals surface area contributed by atoms with Crippen molar-refractivity contribution in [2.45, 2.75) is 6.92 Å². The average Bonchev–Trinajstić information content (AvgIpc) is 3.16. The first-order chi connectivity index (χ1) is 11.5. The molecule has 0 fully saturated rings. The lowest BCUT2D eigenvalue weighted by Crippen LogP contribution is -2.14. The van der Waals surface area contributed by atoms with Gasteiger partial charge in [0.05, 0.1) is 0 Å². The molecule has 0 saturated carbocycles. The number of nitrogens with one attached hydrogen (secondary N) is 2. The SMILES string of the molecule is Cc1nnc(NC(=O)c2cccc(NC(=O)c3ccc(Br)o3)c2)s1. The number of rotatable bonds is 4. The molecule has 2 N–H and O–H groups in total. The number of benzene rings is 1. The van der Waals surface area contributed by atoms with E-state index in [1.807, 2.05) is 0 Å². The maximum Gasteiger partial charge on any atom is 0.291 e. The summed E-state index contributed by atoms with van der Waals surface area (Å²) in [7, 11) is 0. The van der Waals surface area contributed by atoms with E-state index in [0.29, 0.717) is 21.1 Å². The van der Waals surface area contributed by atoms with E-state index in [1.165, 1.54) is 11.3 Å². The van der Waals surface area contributed by atoms with E-state index in [1.54, 1.807) is 43.3 Å². The summed E-state index contributed by atoms with van der Waals surface area (Å²) in [4.78, 5) is 24.3. The molecule has 0 aliphatic heterocycles. The second-order valence-corrected chi connectivity index (χ2v) is 6.68. The Morgan fingerprint density at radius 1 is 1.12 bits per heavy atom. The summed E-state index contributed by atoms with van der Waals surface area (Å²) in [5, 5.41) is 14.2. The molecule has 0 unspecified atom stereocenters. The molecule has 0 radical (unpaired) electrons. The van der Waals surface area contributed by atoms with Crippen LogP contribution in [0, 0.1) is 6.92 Å². The van der Waals surface area contributed by atoms with Gasteiger partial charge in [-0.15, -0.1) is 10.2 Å². The number of amides is 2. The van der Waals surface area contributed by atoms with Crippen LogP contribution in [-0.2, 0) is 0 Å². The highest BCUT2D eigenvalue weighted by Gasteiger charge is 2.13. The van der Waals surface area contributed by atoms with E-state index >= 15 is 0 Å². The third kappa shape index (κ3) is 3.87. The fourth-order valence-electron chi connectivity index (χ4n) is 1.88. The Labute approximate surface area is 149 Å². The lowest BCUT2D eigenvalue weighted by atomic mass is 10.2. The van der Waals surface area contributed by atoms with Gasteiger partial charge in [0.15, 0.2) is 10.4 Å². The van der Waals surface area contributed by atoms with Crippen LogP contribution in [-0.4, -0.2) is 22.0 Å². The number of carbonyl (C=O) groups is 2. The quantitative estimate of drug-likeness (QED) is 0.687. The smallest absolute Gasteiger partial charge is 0.291 e. The molecule has 0 atom stereocenters. The highest BCUT2D eigenvalue weighted by molar-refractivity contribution is 9.10. The van der Waals surface area contributed by atoms with Crippen LogP contribution in [0.4, 0.5) is 10.8 Å². The molecule has 2 amide bonds. The van der Waals surface area contributed by atoms with E-state index in [9.17, 15) is 9.59 Å². The first-order valence-corrected chi connectivity index (χ1v) is 8.40. The predicted octanol–water partition coefficient (Wildman–Crippen LogP) is 3.71. The molecular weight excluding hydrogens is 396 g/mol. The second kappa shape index (κ2) is 6.93. The van der Waals surface area contributed by atoms with Crippen LogP contribution in [0.25, 0.3) is 0 Å². The third-order valence-electron chi connectivity index (χ3n) is 2.93. The zero-order chi connectivity index (χ0) is 17.1. The topological polar surface area (TPSA) is 97.1 Å². The molecular formula is C15H11BrN4O3S. The highest BCUT2D eigenvalue weighted by Crippen LogP contribution is 2.18. The van der Waals surface area contributed by atoms with Crippen molar-refractivity contribution in [2.24, 2.45) is 0 Å². The monoisotopic (exact) mass is 406 g/mol. The van der Waals surface area contributed by atoms with Gasteiger partial charge in [-0.2, -0.15) is 0 Å². The number of aromatic nitrogens is 2. The van der Waals surface area contributed by atoms with Crippen molar-refractivity contribution in [1.29, 1.82) is 0 Å². The van der Waals surface area contributed by atoms with Crippen molar-refractivity contribution >= 4 is 49.9 Å². The van der Waals surface area contributed by atoms with E-state index in [0.717, 1.165) is 5.01 Å². The van der Waals surface area contributed by atoms with Crippen LogP contribution in [0.3, 0.4) is 0 Å². The van der Waals surface area contributed by atoms with Gasteiger partial charge in [0, 0.05) is 11.3 Å². The molecule has 1 aromatic carbocycles. The Morgan fingerprint density at radius 2 is 1.96 bits per heavy atom. The molecule has 0 aliphatic rings. The largest absolute Gasteiger partial charge is 0.444 e. The maximum absolute atomic E-state index is 12.2. The first-order valence-electron chi connectivity index (χ1n) is 6.79. The maximum atomic E-state index is 12.2. The summed E-state index contributed by atoms with van der Waals surface area (Å²) >= 11 is 4.42. The van der Waals surface area contributed by atoms with E-state index in [-0.39, 0.29) is 11.7 Å². The van der Waals surface area contributed by atoms with Gasteiger partial charge in [0.1, 0.15) is 5.01 Å². The van der Waals surface area contributed by atoms with Crippen molar-refractivity contribution < 1.29 is 14.0 Å². The zero-order valence-corrected chi connectivity index (χ0v) is 14.8.